The lowest BCUT2D eigenvalue weighted by atomic mass is 9.63. The van der Waals surface area contributed by atoms with Gasteiger partial charge in [-0.05, 0) is 77.4 Å². The predicted octanol–water partition coefficient (Wildman–Crippen LogP) is 4.43. The molecule has 12 nitrogen and oxygen atoms in total. The first-order valence-corrected chi connectivity index (χ1v) is 16.3. The smallest absolute Gasteiger partial charge is 0.218 e. The number of aliphatic hydroxyl groups is 1. The molecule has 0 saturated carbocycles. The highest BCUT2D eigenvalue weighted by molar-refractivity contribution is 7.16. The summed E-state index contributed by atoms with van der Waals surface area (Å²) in [6.45, 7) is 2.73. The van der Waals surface area contributed by atoms with Crippen LogP contribution in [0.1, 0.15) is 84.5 Å². The highest BCUT2D eigenvalue weighted by Gasteiger charge is 2.49. The molecule has 3 aliphatic rings. The average molecular weight is 629 g/mol. The summed E-state index contributed by atoms with van der Waals surface area (Å²) in [6, 6.07) is 3.81. The number of likely N-dealkylation sites (tertiary alicyclic amines) is 1. The summed E-state index contributed by atoms with van der Waals surface area (Å²) in [5, 5.41) is 34.4. The van der Waals surface area contributed by atoms with E-state index in [0.717, 1.165) is 77.9 Å². The van der Waals surface area contributed by atoms with E-state index in [-0.39, 0.29) is 29.4 Å². The van der Waals surface area contributed by atoms with Crippen LogP contribution in [0, 0.1) is 17.3 Å². The van der Waals surface area contributed by atoms with E-state index in [1.807, 2.05) is 4.68 Å². The molecule has 8 rings (SSSR count). The summed E-state index contributed by atoms with van der Waals surface area (Å²) in [5.74, 6) is 0.586. The van der Waals surface area contributed by atoms with Gasteiger partial charge in [-0.2, -0.15) is 24.5 Å². The largest absolute Gasteiger partial charge is 0.390 e. The summed E-state index contributed by atoms with van der Waals surface area (Å²) in [4.78, 5) is 13.3. The van der Waals surface area contributed by atoms with Crippen LogP contribution in [-0.2, 0) is 24.9 Å². The molecule has 5 aromatic heterocycles. The number of aryl methyl sites for hydroxylation is 1. The first kappa shape index (κ1) is 28.3. The van der Waals surface area contributed by atoms with Gasteiger partial charge >= 0.3 is 0 Å². The molecule has 2 aliphatic carbocycles. The Morgan fingerprint density at radius 1 is 1.27 bits per heavy atom. The first-order chi connectivity index (χ1) is 21.8. The van der Waals surface area contributed by atoms with Crippen molar-refractivity contribution in [2.45, 2.75) is 82.4 Å². The highest BCUT2D eigenvalue weighted by Crippen LogP contribution is 2.55. The second-order valence-electron chi connectivity index (χ2n) is 12.5. The van der Waals surface area contributed by atoms with Gasteiger partial charge in [0.15, 0.2) is 28.7 Å². The van der Waals surface area contributed by atoms with Crippen LogP contribution in [-0.4, -0.2) is 64.3 Å². The molecule has 0 bridgehead atoms. The number of hydrogen-bond donors (Lipinski definition) is 2. The van der Waals surface area contributed by atoms with Crippen LogP contribution in [0.3, 0.4) is 0 Å². The van der Waals surface area contributed by atoms with Gasteiger partial charge in [0.2, 0.25) is 5.95 Å². The number of fused-ring (bicyclic) bond motifs is 5. The van der Waals surface area contributed by atoms with Gasteiger partial charge < -0.3 is 20.3 Å². The number of anilines is 1. The standard InChI is InChI=1S/C31H33FN10O2S/c1-16(21-7-5-11-40(21)2)41-29-20(14-35-41)30(42-23(32)12-17(15-43)38-42)37-28(36-29)25-18-6-3-9-31(26(18)44-39-25)10-4-8-22-24(31)19(13-33)27(34)45-22/h12,14,16,21,43H,3-11,15,34H2,1-2H3/t16-,21-,31-/m0/s1. The van der Waals surface area contributed by atoms with E-state index in [0.29, 0.717) is 33.7 Å². The van der Waals surface area contributed by atoms with Crippen molar-refractivity contribution in [3.05, 3.63) is 51.2 Å². The fraction of sp³-hybridized carbons (Fsp3) is 0.484. The summed E-state index contributed by atoms with van der Waals surface area (Å²) < 4.78 is 24.5. The molecule has 1 spiro atoms. The molecule has 5 aromatic rings. The maximum Gasteiger partial charge on any atom is 0.218 e. The van der Waals surface area contributed by atoms with Gasteiger partial charge in [0.25, 0.3) is 0 Å². The van der Waals surface area contributed by atoms with Crippen molar-refractivity contribution in [3.63, 3.8) is 0 Å². The number of thiophene rings is 1. The lowest BCUT2D eigenvalue weighted by molar-refractivity contribution is 0.232. The van der Waals surface area contributed by atoms with Crippen molar-refractivity contribution in [2.24, 2.45) is 0 Å². The van der Waals surface area contributed by atoms with Gasteiger partial charge in [0, 0.05) is 22.5 Å². The van der Waals surface area contributed by atoms with Gasteiger partial charge in [0.1, 0.15) is 11.1 Å². The lowest BCUT2D eigenvalue weighted by Crippen LogP contribution is -2.35. The molecular formula is C31H33FN10O2S. The molecule has 1 fully saturated rings. The van der Waals surface area contributed by atoms with Crippen molar-refractivity contribution in [1.29, 1.82) is 5.26 Å². The number of nitriles is 1. The number of aliphatic hydroxyl groups excluding tert-OH is 1. The van der Waals surface area contributed by atoms with Crippen molar-refractivity contribution in [1.82, 2.24) is 39.6 Å². The van der Waals surface area contributed by atoms with E-state index >= 15 is 4.39 Å². The number of rotatable bonds is 5. The Kier molecular flexibility index (Phi) is 6.56. The van der Waals surface area contributed by atoms with Crippen molar-refractivity contribution >= 4 is 27.4 Å². The molecule has 0 amide bonds. The van der Waals surface area contributed by atoms with E-state index < -0.39 is 18.0 Å². The average Bonchev–Trinajstić information content (AvgIpc) is 3.86. The second kappa shape index (κ2) is 10.4. The summed E-state index contributed by atoms with van der Waals surface area (Å²) in [7, 11) is 2.12. The molecule has 0 aromatic carbocycles. The molecule has 0 radical (unpaired) electrons. The van der Waals surface area contributed by atoms with Crippen LogP contribution in [0.25, 0.3) is 28.4 Å². The third kappa shape index (κ3) is 4.10. The van der Waals surface area contributed by atoms with E-state index in [1.54, 1.807) is 6.20 Å². The van der Waals surface area contributed by atoms with Crippen LogP contribution < -0.4 is 5.73 Å². The van der Waals surface area contributed by atoms with Crippen LogP contribution in [0.5, 0.6) is 0 Å². The molecule has 0 unspecified atom stereocenters. The third-order valence-corrected chi connectivity index (χ3v) is 11.2. The highest BCUT2D eigenvalue weighted by atomic mass is 32.1. The SMILES string of the molecule is C[C@@H]([C@@H]1CCCN1C)n1ncc2c(-n3nc(CO)cc3F)nc(-c3noc4c3CCC[C@@]43CCCc4sc(N)c(C#N)c43)nc21. The maximum absolute atomic E-state index is 15.3. The molecule has 14 heteroatoms. The summed E-state index contributed by atoms with van der Waals surface area (Å²) >= 11 is 1.50. The van der Waals surface area contributed by atoms with E-state index in [4.69, 9.17) is 25.3 Å². The lowest BCUT2D eigenvalue weighted by Gasteiger charge is -2.39. The van der Waals surface area contributed by atoms with Gasteiger partial charge in [-0.25, -0.2) is 14.6 Å². The van der Waals surface area contributed by atoms with Crippen LogP contribution in [0.2, 0.25) is 0 Å². The van der Waals surface area contributed by atoms with Crippen LogP contribution >= 0.6 is 11.3 Å². The molecule has 6 heterocycles. The fourth-order valence-corrected chi connectivity index (χ4v) is 9.19. The minimum Gasteiger partial charge on any atom is -0.390 e. The first-order valence-electron chi connectivity index (χ1n) is 15.5. The Balaban J connectivity index is 1.33. The molecule has 3 atom stereocenters. The number of nitrogens with two attached hydrogens (primary N) is 1. The number of hydrogen-bond acceptors (Lipinski definition) is 11. The van der Waals surface area contributed by atoms with Gasteiger partial charge in [-0.1, -0.05) is 5.16 Å². The zero-order valence-corrected chi connectivity index (χ0v) is 25.9. The van der Waals surface area contributed by atoms with Crippen molar-refractivity contribution in [3.8, 4) is 23.4 Å². The topological polar surface area (TPSA) is 161 Å². The number of likely N-dealkylation sites (N-methyl/N-ethyl adjacent to an activating group) is 1. The monoisotopic (exact) mass is 628 g/mol. The Morgan fingerprint density at radius 3 is 2.82 bits per heavy atom. The van der Waals surface area contributed by atoms with Gasteiger partial charge in [0.05, 0.1) is 40.9 Å². The zero-order chi connectivity index (χ0) is 31.0. The van der Waals surface area contributed by atoms with Crippen molar-refractivity contribution in [2.75, 3.05) is 19.3 Å². The van der Waals surface area contributed by atoms with E-state index in [2.05, 4.69) is 35.2 Å². The Bertz CT molecular complexity index is 2000. The zero-order valence-electron chi connectivity index (χ0n) is 25.1. The predicted molar refractivity (Wildman–Crippen MR) is 164 cm³/mol. The summed E-state index contributed by atoms with van der Waals surface area (Å²) in [6.07, 6.45) is 8.88. The van der Waals surface area contributed by atoms with E-state index in [1.165, 1.54) is 17.4 Å². The molecule has 3 N–H and O–H groups in total. The second-order valence-corrected chi connectivity index (χ2v) is 13.7. The normalized spacial score (nSPS) is 22.2. The molecule has 232 valence electrons. The fourth-order valence-electron chi connectivity index (χ4n) is 8.03. The molecular weight excluding hydrogens is 595 g/mol. The van der Waals surface area contributed by atoms with Crippen molar-refractivity contribution < 1.29 is 14.0 Å². The number of aromatic nitrogens is 7. The molecule has 45 heavy (non-hydrogen) atoms. The summed E-state index contributed by atoms with van der Waals surface area (Å²) in [5.41, 5.74) is 9.50. The molecule has 1 aliphatic heterocycles. The van der Waals surface area contributed by atoms with Crippen LogP contribution in [0.4, 0.5) is 9.39 Å². The number of halogens is 1. The Hall–Kier alpha value is -4.19. The quantitative estimate of drug-likeness (QED) is 0.285. The Labute approximate surface area is 262 Å². The van der Waals surface area contributed by atoms with Gasteiger partial charge in [-0.15, -0.1) is 11.3 Å². The van der Waals surface area contributed by atoms with Gasteiger partial charge in [-0.3, -0.25) is 0 Å². The third-order valence-electron chi connectivity index (χ3n) is 10.1. The van der Waals surface area contributed by atoms with Crippen LogP contribution in [0.15, 0.2) is 16.8 Å². The maximum atomic E-state index is 15.3. The minimum atomic E-state index is -0.656. The number of nitrogen functional groups attached to an aromatic ring is 1. The molecule has 1 saturated heterocycles. The Morgan fingerprint density at radius 2 is 2.09 bits per heavy atom. The number of nitrogens with zero attached hydrogens (tertiary/aromatic N) is 9. The van der Waals surface area contributed by atoms with E-state index in [9.17, 15) is 10.4 Å². The minimum absolute atomic E-state index is 0.00956.